The molecule has 2 aliphatic heterocycles. The SMILES string of the molecule is C[C@@H]1CCC[C@H](C)CCC[C@H](C)CC[C@@H](C)CCC[C@@H](C)CCC[C@@H](C)CCC[C@@H](C)CCOC[C@@H](COP(=O)(O)OC2[C@@H](O)[C@H](O)C(O)[C@H](O)[C@H]2O)OCC[C@H](C)CCC[C@H](C)CCC[C@H](C)CCC[C@H](C)CC[C@@H](C)CCC[C@@H](C)CCC[C@@H](C)CCC[C@@H](C)CCO[C@H](CO[C@@H]2O[C@H](CO)[C@@H](O)[C@H](O)[C@H]2O)COCC[C@H](C)CCC1. The number of ether oxygens (including phenoxy) is 6. The summed E-state index contributed by atoms with van der Waals surface area (Å²) in [7, 11) is -4.97. The van der Waals surface area contributed by atoms with E-state index in [0.717, 1.165) is 111 Å². The van der Waals surface area contributed by atoms with Crippen LogP contribution in [0.25, 0.3) is 0 Å². The summed E-state index contributed by atoms with van der Waals surface area (Å²) in [5, 5.41) is 92.8. The Hall–Kier alpha value is -0.490. The molecule has 0 aromatic rings. The fourth-order valence-electron chi connectivity index (χ4n) is 18.5. The fourth-order valence-corrected chi connectivity index (χ4v) is 19.4. The summed E-state index contributed by atoms with van der Waals surface area (Å²) in [6.07, 6.45) is 35.5. The third kappa shape index (κ3) is 52.7. The van der Waals surface area contributed by atoms with Gasteiger partial charge in [-0.3, -0.25) is 9.05 Å². The molecule has 3 fully saturated rings. The van der Waals surface area contributed by atoms with Crippen LogP contribution in [0.4, 0.5) is 0 Å². The zero-order valence-corrected chi connectivity index (χ0v) is 79.7. The predicted molar refractivity (Wildman–Crippen MR) is 481 cm³/mol. The highest BCUT2D eigenvalue weighted by Gasteiger charge is 2.52. The first-order chi connectivity index (χ1) is 56.2. The molecule has 0 radical (unpaired) electrons. The third-order valence-corrected chi connectivity index (χ3v) is 29.1. The number of hydrogen-bond acceptors (Lipinski definition) is 18. The van der Waals surface area contributed by atoms with Crippen molar-refractivity contribution >= 4 is 7.82 Å². The van der Waals surface area contributed by atoms with Crippen molar-refractivity contribution in [2.24, 2.45) is 94.7 Å². The van der Waals surface area contributed by atoms with E-state index in [0.29, 0.717) is 68.5 Å². The van der Waals surface area contributed by atoms with Gasteiger partial charge in [0.25, 0.3) is 0 Å². The highest BCUT2D eigenvalue weighted by Crippen LogP contribution is 2.47. The Morgan fingerprint density at radius 2 is 0.500 bits per heavy atom. The summed E-state index contributed by atoms with van der Waals surface area (Å²) in [6, 6.07) is 0. The molecule has 0 bridgehead atoms. The minimum Gasteiger partial charge on any atom is -0.394 e. The van der Waals surface area contributed by atoms with Gasteiger partial charge in [0, 0.05) is 26.4 Å². The first kappa shape index (κ1) is 112. The van der Waals surface area contributed by atoms with E-state index in [9.17, 15) is 55.4 Å². The lowest BCUT2D eigenvalue weighted by Gasteiger charge is -2.41. The van der Waals surface area contributed by atoms with Gasteiger partial charge in [-0.25, -0.2) is 4.57 Å². The second-order valence-electron chi connectivity index (χ2n) is 41.1. The first-order valence-corrected chi connectivity index (χ1v) is 51.0. The molecule has 0 amide bonds. The molecule has 1 aliphatic carbocycles. The topological polar surface area (TPSA) is 293 Å². The average Bonchev–Trinajstić information content (AvgIpc) is 0.785. The molecular weight excluding hydrogens is 1510 g/mol. The van der Waals surface area contributed by atoms with Crippen LogP contribution in [0.2, 0.25) is 0 Å². The summed E-state index contributed by atoms with van der Waals surface area (Å²) in [4.78, 5) is 10.8. The van der Waals surface area contributed by atoms with Gasteiger partial charge in [0.15, 0.2) is 6.29 Å². The van der Waals surface area contributed by atoms with Crippen LogP contribution in [0.3, 0.4) is 0 Å². The lowest BCUT2D eigenvalue weighted by molar-refractivity contribution is -0.306. The molecule has 1 saturated carbocycles. The standard InChI is InChI=1S/C98H193O19P/c1-70-29-17-33-74(5)41-25-49-82(13)57-61-110-66-86(68-114-98-96(107)90(101)89(100)88(65-99)116-98)112-63-59-84(15)51-27-43-76(7)35-19-31-72(3)39-23-47-80(11)55-56-81(12)48-24-40-73(4)32-20-36-77(8)44-28-52-85(16)60-64-113-87(69-115-118(108,109)117-97-94(105)92(103)91(102)93(104)95(97)106)67-111-62-58-83(14)50-26-42-75(6)34-18-30-71(2)38-22-46-79(10)54-53-78(9)45-21-37-70/h70-107H,17-69H2,1-16H3,(H,108,109)/t70-,71-,72-,73-,74+,75+,76+,77+,78-,79-,80-,81-,82+,83+,84+,85+,86-,87-,88+,89+,90-,91?,92-,93+,94+,95-,96+,97?,98+/m0/s1. The molecule has 3 aliphatic rings. The highest BCUT2D eigenvalue weighted by molar-refractivity contribution is 7.47. The molecule has 0 spiro atoms. The second-order valence-corrected chi connectivity index (χ2v) is 42.5. The van der Waals surface area contributed by atoms with Gasteiger partial charge >= 0.3 is 7.82 Å². The van der Waals surface area contributed by atoms with Crippen molar-refractivity contribution in [2.75, 3.05) is 59.5 Å². The number of aliphatic hydroxyl groups excluding tert-OH is 9. The van der Waals surface area contributed by atoms with E-state index in [1.165, 1.54) is 231 Å². The number of hydrogen-bond donors (Lipinski definition) is 10. The van der Waals surface area contributed by atoms with Gasteiger partial charge in [-0.15, -0.1) is 0 Å². The molecule has 3 rings (SSSR count). The summed E-state index contributed by atoms with van der Waals surface area (Å²) in [6.45, 7) is 40.3. The van der Waals surface area contributed by atoms with Crippen LogP contribution in [0.15, 0.2) is 0 Å². The Balaban J connectivity index is 1.50. The van der Waals surface area contributed by atoms with Gasteiger partial charge in [-0.05, 0) is 120 Å². The normalized spacial score (nSPS) is 39.8. The van der Waals surface area contributed by atoms with Crippen molar-refractivity contribution in [1.82, 2.24) is 0 Å². The van der Waals surface area contributed by atoms with Crippen molar-refractivity contribution in [3.63, 3.8) is 0 Å². The van der Waals surface area contributed by atoms with E-state index < -0.39 is 94.0 Å². The summed E-state index contributed by atoms with van der Waals surface area (Å²) in [5.41, 5.74) is 0. The lowest BCUT2D eigenvalue weighted by atomic mass is 9.85. The molecule has 704 valence electrons. The van der Waals surface area contributed by atoms with Crippen molar-refractivity contribution in [2.45, 2.75) is 473 Å². The molecule has 118 heavy (non-hydrogen) atoms. The summed E-state index contributed by atoms with van der Waals surface area (Å²) >= 11 is 0. The van der Waals surface area contributed by atoms with Gasteiger partial charge < -0.3 is 79.3 Å². The number of rotatable bonds is 9. The Bertz CT molecular complexity index is 2370. The second kappa shape index (κ2) is 66.0. The van der Waals surface area contributed by atoms with Crippen LogP contribution >= 0.6 is 7.82 Å². The zero-order valence-electron chi connectivity index (χ0n) is 78.8. The molecule has 2 saturated heterocycles. The Morgan fingerprint density at radius 3 is 0.763 bits per heavy atom. The predicted octanol–water partition coefficient (Wildman–Crippen LogP) is 21.3. The molecule has 19 nitrogen and oxygen atoms in total. The summed E-state index contributed by atoms with van der Waals surface area (Å²) < 4.78 is 60.6. The van der Waals surface area contributed by atoms with Gasteiger partial charge in [0.1, 0.15) is 73.2 Å². The molecule has 10 N–H and O–H groups in total. The molecule has 20 heteroatoms. The first-order valence-electron chi connectivity index (χ1n) is 49.5. The van der Waals surface area contributed by atoms with Crippen LogP contribution < -0.4 is 0 Å². The Kier molecular flexibility index (Phi) is 62.4. The monoisotopic (exact) mass is 1710 g/mol. The molecule has 3 unspecified atom stereocenters. The van der Waals surface area contributed by atoms with E-state index in [2.05, 4.69) is 111 Å². The lowest BCUT2D eigenvalue weighted by Crippen LogP contribution is -2.64. The van der Waals surface area contributed by atoms with Crippen molar-refractivity contribution in [1.29, 1.82) is 0 Å². The average molecular weight is 1710 g/mol. The number of phosphoric acid groups is 1. The van der Waals surface area contributed by atoms with Gasteiger partial charge in [-0.2, -0.15) is 0 Å². The number of phosphoric ester groups is 1. The van der Waals surface area contributed by atoms with Crippen LogP contribution in [-0.4, -0.2) is 190 Å². The maximum atomic E-state index is 13.3. The minimum atomic E-state index is -4.97. The van der Waals surface area contributed by atoms with E-state index in [1.54, 1.807) is 0 Å². The van der Waals surface area contributed by atoms with E-state index >= 15 is 0 Å². The Labute approximate surface area is 724 Å². The smallest absolute Gasteiger partial charge is 0.394 e. The quantitative estimate of drug-likeness (QED) is 0.0960. The van der Waals surface area contributed by atoms with Crippen molar-refractivity contribution < 1.29 is 92.9 Å². The van der Waals surface area contributed by atoms with Crippen molar-refractivity contribution in [3.8, 4) is 0 Å². The van der Waals surface area contributed by atoms with Gasteiger partial charge in [0.05, 0.1) is 33.0 Å². The minimum absolute atomic E-state index is 0.0839. The molecular formula is C98H193O19P. The number of aliphatic hydroxyl groups is 9. The third-order valence-electron chi connectivity index (χ3n) is 28.1. The summed E-state index contributed by atoms with van der Waals surface area (Å²) in [5.74, 6) is 11.0. The molecule has 2 heterocycles. The fraction of sp³-hybridized carbons (Fsp3) is 1.00. The molecule has 0 aromatic heterocycles. The van der Waals surface area contributed by atoms with Gasteiger partial charge in [0.2, 0.25) is 0 Å². The van der Waals surface area contributed by atoms with Crippen LogP contribution in [0, 0.1) is 94.7 Å². The van der Waals surface area contributed by atoms with E-state index in [4.69, 9.17) is 37.5 Å². The maximum Gasteiger partial charge on any atom is 0.472 e. The van der Waals surface area contributed by atoms with Gasteiger partial charge in [-0.1, -0.05) is 368 Å². The van der Waals surface area contributed by atoms with Crippen LogP contribution in [0.1, 0.15) is 393 Å². The zero-order chi connectivity index (χ0) is 87.4. The van der Waals surface area contributed by atoms with Crippen molar-refractivity contribution in [3.05, 3.63) is 0 Å². The maximum absolute atomic E-state index is 13.3. The highest BCUT2D eigenvalue weighted by atomic mass is 31.2. The molecule has 0 aromatic carbocycles. The van der Waals surface area contributed by atoms with Crippen LogP contribution in [-0.2, 0) is 42.0 Å². The van der Waals surface area contributed by atoms with E-state index in [-0.39, 0.29) is 19.8 Å². The van der Waals surface area contributed by atoms with E-state index in [1.807, 2.05) is 0 Å². The van der Waals surface area contributed by atoms with Crippen LogP contribution in [0.5, 0.6) is 0 Å². The largest absolute Gasteiger partial charge is 0.472 e. The Morgan fingerprint density at radius 1 is 0.280 bits per heavy atom. The molecule has 30 atom stereocenters.